The third-order valence-corrected chi connectivity index (χ3v) is 3.39. The number of aromatic amines is 1. The molecular weight excluding hydrogens is 320 g/mol. The minimum absolute atomic E-state index is 0.0807. The number of aromatic nitrogens is 2. The number of allylic oxidation sites excluding steroid dienone is 3. The fraction of sp³-hybridized carbons (Fsp3) is 0.286. The van der Waals surface area contributed by atoms with Crippen LogP contribution in [-0.4, -0.2) is 27.5 Å². The van der Waals surface area contributed by atoms with Crippen molar-refractivity contribution >= 4 is 27.7 Å². The van der Waals surface area contributed by atoms with Crippen molar-refractivity contribution < 1.29 is 4.79 Å². The van der Waals surface area contributed by atoms with Gasteiger partial charge in [0.15, 0.2) is 5.82 Å². The van der Waals surface area contributed by atoms with E-state index in [1.807, 2.05) is 11.0 Å². The minimum atomic E-state index is 0.0807. The molecule has 0 saturated heterocycles. The molecule has 0 saturated carbocycles. The Balaban J connectivity index is 2.11. The molecule has 0 unspecified atom stereocenters. The van der Waals surface area contributed by atoms with Gasteiger partial charge in [0.25, 0.3) is 0 Å². The number of H-pyrrole nitrogens is 1. The normalized spacial score (nSPS) is 14.2. The van der Waals surface area contributed by atoms with E-state index in [9.17, 15) is 4.79 Å². The second kappa shape index (κ2) is 6.09. The van der Waals surface area contributed by atoms with Crippen LogP contribution in [0.5, 0.6) is 0 Å². The number of amides is 1. The Bertz CT molecular complexity index is 588. The highest BCUT2D eigenvalue weighted by Crippen LogP contribution is 2.24. The second-order valence-corrected chi connectivity index (χ2v) is 5.67. The number of rotatable bonds is 4. The summed E-state index contributed by atoms with van der Waals surface area (Å²) in [5.74, 6) is 0.804. The molecule has 1 amide bonds. The maximum Gasteiger partial charge on any atom is 0.219 e. The number of hydrogen-bond acceptors (Lipinski definition) is 3. The Labute approximate surface area is 126 Å². The van der Waals surface area contributed by atoms with Crippen molar-refractivity contribution in [1.29, 1.82) is 0 Å². The van der Waals surface area contributed by atoms with Gasteiger partial charge in [-0.1, -0.05) is 29.1 Å². The summed E-state index contributed by atoms with van der Waals surface area (Å²) in [5.41, 5.74) is 2.81. The zero-order valence-electron chi connectivity index (χ0n) is 11.4. The molecule has 2 heterocycles. The van der Waals surface area contributed by atoms with Crippen molar-refractivity contribution in [2.24, 2.45) is 0 Å². The van der Waals surface area contributed by atoms with Gasteiger partial charge in [0.2, 0.25) is 5.91 Å². The number of fused-ring (bicyclic) bond motifs is 1. The average molecular weight is 337 g/mol. The van der Waals surface area contributed by atoms with Gasteiger partial charge in [0.05, 0.1) is 6.54 Å². The highest BCUT2D eigenvalue weighted by atomic mass is 79.9. The fourth-order valence-corrected chi connectivity index (χ4v) is 2.18. The zero-order valence-corrected chi connectivity index (χ0v) is 13.0. The summed E-state index contributed by atoms with van der Waals surface area (Å²) in [5, 5.41) is 10.4. The SMILES string of the molecule is C=C(Br)/C=C\C(=C)Nc1n[nH]c2c1CN(C(C)=O)CC2. The number of carbonyl (C=O) groups excluding carboxylic acids is 1. The van der Waals surface area contributed by atoms with Crippen molar-refractivity contribution in [3.8, 4) is 0 Å². The van der Waals surface area contributed by atoms with Crippen LogP contribution in [-0.2, 0) is 17.8 Å². The third kappa shape index (κ3) is 3.39. The topological polar surface area (TPSA) is 61.0 Å². The van der Waals surface area contributed by atoms with E-state index in [1.165, 1.54) is 0 Å². The lowest BCUT2D eigenvalue weighted by molar-refractivity contribution is -0.129. The molecule has 2 rings (SSSR count). The lowest BCUT2D eigenvalue weighted by Crippen LogP contribution is -2.34. The Hall–Kier alpha value is -1.82. The molecule has 2 N–H and O–H groups in total. The van der Waals surface area contributed by atoms with Crippen molar-refractivity contribution in [1.82, 2.24) is 15.1 Å². The van der Waals surface area contributed by atoms with E-state index < -0.39 is 0 Å². The van der Waals surface area contributed by atoms with Gasteiger partial charge in [0, 0.05) is 41.3 Å². The lowest BCUT2D eigenvalue weighted by atomic mass is 10.1. The number of hydrogen-bond donors (Lipinski definition) is 2. The van der Waals surface area contributed by atoms with Crippen LogP contribution >= 0.6 is 15.9 Å². The van der Waals surface area contributed by atoms with Crippen LogP contribution in [0.1, 0.15) is 18.2 Å². The van der Waals surface area contributed by atoms with Gasteiger partial charge >= 0.3 is 0 Å². The van der Waals surface area contributed by atoms with Crippen molar-refractivity contribution in [3.63, 3.8) is 0 Å². The van der Waals surface area contributed by atoms with E-state index in [0.29, 0.717) is 12.2 Å². The largest absolute Gasteiger partial charge is 0.339 e. The predicted molar refractivity (Wildman–Crippen MR) is 83.4 cm³/mol. The van der Waals surface area contributed by atoms with Gasteiger partial charge in [-0.05, 0) is 12.2 Å². The van der Waals surface area contributed by atoms with Crippen molar-refractivity contribution in [2.45, 2.75) is 19.9 Å². The predicted octanol–water partition coefficient (Wildman–Crippen LogP) is 2.70. The molecule has 0 radical (unpaired) electrons. The van der Waals surface area contributed by atoms with Gasteiger partial charge < -0.3 is 10.2 Å². The molecule has 1 aliphatic heterocycles. The van der Waals surface area contributed by atoms with E-state index in [1.54, 1.807) is 13.0 Å². The minimum Gasteiger partial charge on any atom is -0.339 e. The first-order valence-corrected chi connectivity index (χ1v) is 7.06. The molecule has 0 aliphatic carbocycles. The Morgan fingerprint density at radius 3 is 2.90 bits per heavy atom. The number of nitrogens with one attached hydrogen (secondary N) is 2. The molecule has 1 aliphatic rings. The summed E-state index contributed by atoms with van der Waals surface area (Å²) in [6.45, 7) is 10.5. The summed E-state index contributed by atoms with van der Waals surface area (Å²) < 4.78 is 0.771. The van der Waals surface area contributed by atoms with Gasteiger partial charge in [-0.2, -0.15) is 5.10 Å². The molecule has 0 spiro atoms. The number of anilines is 1. The number of nitrogens with zero attached hydrogens (tertiary/aromatic N) is 2. The highest BCUT2D eigenvalue weighted by molar-refractivity contribution is 9.11. The molecule has 1 aromatic heterocycles. The molecule has 0 atom stereocenters. The summed E-state index contributed by atoms with van der Waals surface area (Å²) in [4.78, 5) is 13.3. The van der Waals surface area contributed by atoms with Crippen LogP contribution in [0.4, 0.5) is 5.82 Å². The summed E-state index contributed by atoms with van der Waals surface area (Å²) >= 11 is 3.25. The molecule has 0 fully saturated rings. The quantitative estimate of drug-likeness (QED) is 0.831. The Kier molecular flexibility index (Phi) is 4.44. The molecule has 0 bridgehead atoms. The van der Waals surface area contributed by atoms with E-state index in [-0.39, 0.29) is 5.91 Å². The molecule has 0 aromatic carbocycles. The van der Waals surface area contributed by atoms with Gasteiger partial charge in [-0.3, -0.25) is 9.89 Å². The first-order chi connectivity index (χ1) is 9.47. The number of halogens is 1. The molecule has 106 valence electrons. The van der Waals surface area contributed by atoms with Gasteiger partial charge in [-0.15, -0.1) is 0 Å². The Morgan fingerprint density at radius 1 is 1.50 bits per heavy atom. The van der Waals surface area contributed by atoms with Crippen LogP contribution in [0.25, 0.3) is 0 Å². The molecule has 20 heavy (non-hydrogen) atoms. The smallest absolute Gasteiger partial charge is 0.219 e. The first kappa shape index (κ1) is 14.6. The Morgan fingerprint density at radius 2 is 2.25 bits per heavy atom. The summed E-state index contributed by atoms with van der Waals surface area (Å²) in [6, 6.07) is 0. The standard InChI is InChI=1S/C14H17BrN4O/c1-9(15)4-5-10(2)16-14-12-8-19(11(3)20)7-6-13(12)17-18-14/h4-5H,1-2,6-8H2,3H3,(H2,16,17,18)/b5-4-. The van der Waals surface area contributed by atoms with Crippen molar-refractivity contribution in [2.75, 3.05) is 11.9 Å². The lowest BCUT2D eigenvalue weighted by Gasteiger charge is -2.25. The third-order valence-electron chi connectivity index (χ3n) is 3.12. The molecule has 1 aromatic rings. The maximum atomic E-state index is 11.5. The number of carbonyl (C=O) groups is 1. The molecule has 6 heteroatoms. The summed E-state index contributed by atoms with van der Waals surface area (Å²) in [7, 11) is 0. The van der Waals surface area contributed by atoms with E-state index in [2.05, 4.69) is 44.6 Å². The van der Waals surface area contributed by atoms with E-state index in [4.69, 9.17) is 0 Å². The monoisotopic (exact) mass is 336 g/mol. The second-order valence-electron chi connectivity index (χ2n) is 4.65. The summed E-state index contributed by atoms with van der Waals surface area (Å²) in [6.07, 6.45) is 4.41. The highest BCUT2D eigenvalue weighted by Gasteiger charge is 2.23. The van der Waals surface area contributed by atoms with Crippen LogP contribution in [0, 0.1) is 0 Å². The zero-order chi connectivity index (χ0) is 14.7. The van der Waals surface area contributed by atoms with Crippen LogP contribution in [0.3, 0.4) is 0 Å². The maximum absolute atomic E-state index is 11.5. The molecular formula is C14H17BrN4O. The van der Waals surface area contributed by atoms with Gasteiger partial charge in [-0.25, -0.2) is 0 Å². The van der Waals surface area contributed by atoms with Crippen LogP contribution in [0.15, 0.2) is 35.5 Å². The van der Waals surface area contributed by atoms with E-state index in [0.717, 1.165) is 34.5 Å². The van der Waals surface area contributed by atoms with Crippen LogP contribution < -0.4 is 5.32 Å². The molecule has 5 nitrogen and oxygen atoms in total. The first-order valence-electron chi connectivity index (χ1n) is 6.27. The van der Waals surface area contributed by atoms with Crippen LogP contribution in [0.2, 0.25) is 0 Å². The van der Waals surface area contributed by atoms with E-state index >= 15 is 0 Å². The van der Waals surface area contributed by atoms with Gasteiger partial charge in [0.1, 0.15) is 0 Å². The van der Waals surface area contributed by atoms with Crippen molar-refractivity contribution in [3.05, 3.63) is 46.7 Å². The average Bonchev–Trinajstić information content (AvgIpc) is 2.79. The fourth-order valence-electron chi connectivity index (χ4n) is 2.05.